The summed E-state index contributed by atoms with van der Waals surface area (Å²) >= 11 is 0. The van der Waals surface area contributed by atoms with Crippen LogP contribution in [0.2, 0.25) is 0 Å². The van der Waals surface area contributed by atoms with E-state index in [2.05, 4.69) is 35.3 Å². The number of pyridine rings is 1. The molecule has 1 N–H and O–H groups in total. The highest BCUT2D eigenvalue weighted by molar-refractivity contribution is 7.90. The molecule has 0 aliphatic carbocycles. The van der Waals surface area contributed by atoms with Crippen molar-refractivity contribution >= 4 is 21.5 Å². The molecular weight excluding hydrogens is 506 g/mol. The minimum atomic E-state index is -3.15. The molecule has 1 aromatic heterocycles. The number of rotatable bonds is 14. The monoisotopic (exact) mass is 541 g/mol. The summed E-state index contributed by atoms with van der Waals surface area (Å²) in [7, 11) is -3.15. The number of sulfone groups is 1. The number of benzene rings is 3. The first-order valence-electron chi connectivity index (χ1n) is 13.3. The fraction of sp³-hybridized carbons (Fsp3) is 0.242. The highest BCUT2D eigenvalue weighted by atomic mass is 32.2. The maximum Gasteiger partial charge on any atom is 0.156 e. The second-order valence-corrected chi connectivity index (χ2v) is 11.8. The Kier molecular flexibility index (Phi) is 10.3. The highest BCUT2D eigenvalue weighted by Gasteiger charge is 2.12. The molecule has 6 heteroatoms. The van der Waals surface area contributed by atoms with Crippen molar-refractivity contribution in [3.8, 4) is 11.5 Å². The molecule has 39 heavy (non-hydrogen) atoms. The van der Waals surface area contributed by atoms with Crippen LogP contribution in [0.15, 0.2) is 103 Å². The largest absolute Gasteiger partial charge is 0.508 e. The molecule has 0 atom stereocenters. The summed E-state index contributed by atoms with van der Waals surface area (Å²) in [5.41, 5.74) is 5.31. The number of hydrogen-bond donors (Lipinski definition) is 1. The Morgan fingerprint density at radius 1 is 0.821 bits per heavy atom. The quantitative estimate of drug-likeness (QED) is 0.136. The predicted molar refractivity (Wildman–Crippen MR) is 158 cm³/mol. The van der Waals surface area contributed by atoms with Crippen molar-refractivity contribution in [2.75, 3.05) is 12.4 Å². The molecule has 0 spiro atoms. The molecule has 4 rings (SSSR count). The standard InChI is InChI=1S/C33H35NO4S/c35-32-18-13-28(14-19-32)25-30(29-9-3-1-4-10-29)17-12-27-15-20-33(21-16-27)38-23-7-2-8-24-39(36,37)26-31-11-5-6-22-34-31/h1,3-6,9-11,13-16,18-22,25,35H,2,7-8,12,17,23-24,26H2. The number of aryl methyl sites for hydroxylation is 1. The molecule has 0 bridgehead atoms. The van der Waals surface area contributed by atoms with Gasteiger partial charge in [-0.25, -0.2) is 8.42 Å². The second kappa shape index (κ2) is 14.3. The van der Waals surface area contributed by atoms with E-state index in [0.29, 0.717) is 18.7 Å². The Hall–Kier alpha value is -3.90. The van der Waals surface area contributed by atoms with Crippen LogP contribution in [0.4, 0.5) is 0 Å². The van der Waals surface area contributed by atoms with E-state index in [1.54, 1.807) is 36.5 Å². The topological polar surface area (TPSA) is 76.5 Å². The van der Waals surface area contributed by atoms with Gasteiger partial charge in [0.05, 0.1) is 23.8 Å². The summed E-state index contributed by atoms with van der Waals surface area (Å²) in [5, 5.41) is 9.59. The third kappa shape index (κ3) is 9.73. The number of phenols is 1. The Bertz CT molecular complexity index is 1420. The van der Waals surface area contributed by atoms with Crippen LogP contribution in [-0.4, -0.2) is 30.9 Å². The fourth-order valence-corrected chi connectivity index (χ4v) is 5.74. The first-order chi connectivity index (χ1) is 19.0. The number of aromatic nitrogens is 1. The highest BCUT2D eigenvalue weighted by Crippen LogP contribution is 2.25. The smallest absolute Gasteiger partial charge is 0.156 e. The van der Waals surface area contributed by atoms with Gasteiger partial charge in [-0.2, -0.15) is 0 Å². The lowest BCUT2D eigenvalue weighted by atomic mass is 9.96. The molecule has 1 heterocycles. The van der Waals surface area contributed by atoms with Crippen molar-refractivity contribution in [2.24, 2.45) is 0 Å². The maximum absolute atomic E-state index is 12.3. The van der Waals surface area contributed by atoms with Gasteiger partial charge in [0.2, 0.25) is 0 Å². The molecule has 0 unspecified atom stereocenters. The van der Waals surface area contributed by atoms with E-state index in [9.17, 15) is 13.5 Å². The van der Waals surface area contributed by atoms with Gasteiger partial charge in [0.1, 0.15) is 11.5 Å². The third-order valence-corrected chi connectivity index (χ3v) is 8.09. The van der Waals surface area contributed by atoms with Gasteiger partial charge in [0.15, 0.2) is 9.84 Å². The SMILES string of the molecule is O=S(=O)(CCCCCOc1ccc(CCC(=Cc2ccc(O)cc2)c2ccccc2)cc1)Cc1ccccn1. The van der Waals surface area contributed by atoms with E-state index >= 15 is 0 Å². The minimum Gasteiger partial charge on any atom is -0.508 e. The summed E-state index contributed by atoms with van der Waals surface area (Å²) in [6.45, 7) is 0.563. The van der Waals surface area contributed by atoms with E-state index in [-0.39, 0.29) is 17.3 Å². The van der Waals surface area contributed by atoms with Crippen LogP contribution in [0.3, 0.4) is 0 Å². The second-order valence-electron chi connectivity index (χ2n) is 9.59. The molecule has 4 aromatic rings. The van der Waals surface area contributed by atoms with E-state index < -0.39 is 9.84 Å². The third-order valence-electron chi connectivity index (χ3n) is 6.45. The Labute approximate surface area is 231 Å². The fourth-order valence-electron chi connectivity index (χ4n) is 4.33. The zero-order valence-corrected chi connectivity index (χ0v) is 22.9. The number of unbranched alkanes of at least 4 members (excludes halogenated alkanes) is 2. The summed E-state index contributed by atoms with van der Waals surface area (Å²) in [6.07, 6.45) is 7.81. The molecule has 0 fully saturated rings. The van der Waals surface area contributed by atoms with E-state index in [4.69, 9.17) is 4.74 Å². The van der Waals surface area contributed by atoms with Gasteiger partial charge < -0.3 is 9.84 Å². The van der Waals surface area contributed by atoms with Crippen LogP contribution < -0.4 is 4.74 Å². The van der Waals surface area contributed by atoms with Gasteiger partial charge in [-0.15, -0.1) is 0 Å². The number of aromatic hydroxyl groups is 1. The molecule has 0 amide bonds. The van der Waals surface area contributed by atoms with Gasteiger partial charge >= 0.3 is 0 Å². The molecule has 0 saturated heterocycles. The molecule has 0 radical (unpaired) electrons. The number of nitrogens with zero attached hydrogens (tertiary/aromatic N) is 1. The van der Waals surface area contributed by atoms with Crippen LogP contribution >= 0.6 is 0 Å². The van der Waals surface area contributed by atoms with Crippen molar-refractivity contribution in [2.45, 2.75) is 37.9 Å². The summed E-state index contributed by atoms with van der Waals surface area (Å²) in [4.78, 5) is 4.11. The molecule has 3 aromatic carbocycles. The Morgan fingerprint density at radius 3 is 2.28 bits per heavy atom. The lowest BCUT2D eigenvalue weighted by Gasteiger charge is -2.10. The molecule has 0 aliphatic rings. The zero-order chi connectivity index (χ0) is 27.3. The van der Waals surface area contributed by atoms with Gasteiger partial charge in [-0.05, 0) is 90.8 Å². The van der Waals surface area contributed by atoms with Crippen LogP contribution in [0, 0.1) is 0 Å². The van der Waals surface area contributed by atoms with Crippen molar-refractivity contribution in [3.63, 3.8) is 0 Å². The van der Waals surface area contributed by atoms with E-state index in [0.717, 1.165) is 37.0 Å². The van der Waals surface area contributed by atoms with Crippen molar-refractivity contribution < 1.29 is 18.3 Å². The molecular formula is C33H35NO4S. The summed E-state index contributed by atoms with van der Waals surface area (Å²) in [5.74, 6) is 1.25. The molecule has 5 nitrogen and oxygen atoms in total. The number of ether oxygens (including phenoxy) is 1. The average Bonchev–Trinajstić information content (AvgIpc) is 2.95. The first kappa shape index (κ1) is 28.1. The Balaban J connectivity index is 1.21. The number of phenolic OH excluding ortho intramolecular Hbond substituents is 1. The lowest BCUT2D eigenvalue weighted by Crippen LogP contribution is -2.10. The van der Waals surface area contributed by atoms with Gasteiger partial charge in [-0.3, -0.25) is 4.98 Å². The lowest BCUT2D eigenvalue weighted by molar-refractivity contribution is 0.306. The van der Waals surface area contributed by atoms with Gasteiger partial charge in [-0.1, -0.05) is 66.7 Å². The molecule has 202 valence electrons. The van der Waals surface area contributed by atoms with E-state index in [1.165, 1.54) is 16.7 Å². The van der Waals surface area contributed by atoms with Crippen molar-refractivity contribution in [3.05, 3.63) is 126 Å². The number of hydrogen-bond acceptors (Lipinski definition) is 5. The molecule has 0 aliphatic heterocycles. The van der Waals surface area contributed by atoms with Crippen LogP contribution in [0.25, 0.3) is 11.6 Å². The van der Waals surface area contributed by atoms with Crippen molar-refractivity contribution in [1.82, 2.24) is 4.98 Å². The zero-order valence-electron chi connectivity index (χ0n) is 22.1. The van der Waals surface area contributed by atoms with Gasteiger partial charge in [0, 0.05) is 6.20 Å². The van der Waals surface area contributed by atoms with E-state index in [1.807, 2.05) is 42.5 Å². The first-order valence-corrected chi connectivity index (χ1v) is 15.2. The normalized spacial score (nSPS) is 11.8. The average molecular weight is 542 g/mol. The predicted octanol–water partition coefficient (Wildman–Crippen LogP) is 7.12. The van der Waals surface area contributed by atoms with Gasteiger partial charge in [0.25, 0.3) is 0 Å². The van der Waals surface area contributed by atoms with Crippen LogP contribution in [0.1, 0.15) is 48.1 Å². The number of allylic oxidation sites excluding steroid dienone is 1. The maximum atomic E-state index is 12.3. The Morgan fingerprint density at radius 2 is 1.56 bits per heavy atom. The summed E-state index contributed by atoms with van der Waals surface area (Å²) < 4.78 is 30.4. The van der Waals surface area contributed by atoms with Crippen LogP contribution in [0.5, 0.6) is 11.5 Å². The molecule has 0 saturated carbocycles. The van der Waals surface area contributed by atoms with Crippen LogP contribution in [-0.2, 0) is 22.0 Å². The van der Waals surface area contributed by atoms with Crippen molar-refractivity contribution in [1.29, 1.82) is 0 Å². The minimum absolute atomic E-state index is 0.00384. The summed E-state index contributed by atoms with van der Waals surface area (Å²) in [6, 6.07) is 31.2.